The summed E-state index contributed by atoms with van der Waals surface area (Å²) >= 11 is 0. The first-order valence-corrected chi connectivity index (χ1v) is 6.28. The lowest BCUT2D eigenvalue weighted by Gasteiger charge is -2.02. The molecule has 1 aromatic carbocycles. The summed E-state index contributed by atoms with van der Waals surface area (Å²) in [7, 11) is 0. The Hall–Kier alpha value is -1.81. The van der Waals surface area contributed by atoms with E-state index in [4.69, 9.17) is 5.73 Å². The zero-order valence-corrected chi connectivity index (χ0v) is 10.6. The van der Waals surface area contributed by atoms with Gasteiger partial charge < -0.3 is 15.6 Å². The number of nitrogens with one attached hydrogen (secondary N) is 1. The van der Waals surface area contributed by atoms with Crippen LogP contribution >= 0.6 is 0 Å². The Balaban J connectivity index is 2.31. The van der Waals surface area contributed by atoms with Crippen molar-refractivity contribution in [1.82, 2.24) is 9.88 Å². The van der Waals surface area contributed by atoms with E-state index in [9.17, 15) is 4.79 Å². The minimum atomic E-state index is -0.263. The Labute approximate surface area is 107 Å². The van der Waals surface area contributed by atoms with Gasteiger partial charge >= 0.3 is 0 Å². The fourth-order valence-corrected chi connectivity index (χ4v) is 2.14. The zero-order chi connectivity index (χ0) is 13.0. The third-order valence-electron chi connectivity index (χ3n) is 3.04. The average Bonchev–Trinajstić information content (AvgIpc) is 2.72. The summed E-state index contributed by atoms with van der Waals surface area (Å²) in [5.74, 6) is -0.263. The molecule has 0 spiro atoms. The number of aryl methyl sites for hydroxylation is 1. The molecule has 18 heavy (non-hydrogen) atoms. The molecule has 0 saturated heterocycles. The summed E-state index contributed by atoms with van der Waals surface area (Å²) in [5.41, 5.74) is 7.63. The largest absolute Gasteiger partial charge is 0.370 e. The Morgan fingerprint density at radius 1 is 1.39 bits per heavy atom. The quantitative estimate of drug-likeness (QED) is 0.812. The highest BCUT2D eigenvalue weighted by Gasteiger charge is 2.07. The first kappa shape index (κ1) is 12.6. The Kier molecular flexibility index (Phi) is 3.99. The average molecular weight is 245 g/mol. The van der Waals surface area contributed by atoms with Crippen LogP contribution in [-0.4, -0.2) is 17.0 Å². The molecule has 4 heteroatoms. The van der Waals surface area contributed by atoms with Gasteiger partial charge in [-0.3, -0.25) is 4.79 Å². The molecule has 0 atom stereocenters. The van der Waals surface area contributed by atoms with Crippen LogP contribution in [0.2, 0.25) is 0 Å². The molecule has 0 bridgehead atoms. The van der Waals surface area contributed by atoms with Gasteiger partial charge in [0.1, 0.15) is 0 Å². The third-order valence-corrected chi connectivity index (χ3v) is 3.04. The number of fused-ring (bicyclic) bond motifs is 1. The zero-order valence-electron chi connectivity index (χ0n) is 10.6. The van der Waals surface area contributed by atoms with Crippen LogP contribution < -0.4 is 11.1 Å². The summed E-state index contributed by atoms with van der Waals surface area (Å²) in [6.07, 6.45) is 2.48. The van der Waals surface area contributed by atoms with E-state index in [0.717, 1.165) is 18.6 Å². The minimum Gasteiger partial charge on any atom is -0.370 e. The molecule has 0 unspecified atom stereocenters. The van der Waals surface area contributed by atoms with Crippen molar-refractivity contribution in [2.75, 3.05) is 6.54 Å². The molecule has 96 valence electrons. The SMILES string of the molecule is CCNCc1cn(CCC(N)=O)c2ccccc12. The highest BCUT2D eigenvalue weighted by atomic mass is 16.1. The van der Waals surface area contributed by atoms with Crippen molar-refractivity contribution in [3.63, 3.8) is 0 Å². The van der Waals surface area contributed by atoms with Gasteiger partial charge in [0.15, 0.2) is 0 Å². The number of benzene rings is 1. The van der Waals surface area contributed by atoms with Gasteiger partial charge in [-0.05, 0) is 18.2 Å². The predicted octanol–water partition coefficient (Wildman–Crippen LogP) is 1.63. The Morgan fingerprint density at radius 3 is 2.89 bits per heavy atom. The van der Waals surface area contributed by atoms with Crippen molar-refractivity contribution in [2.24, 2.45) is 5.73 Å². The number of carbonyl (C=O) groups is 1. The summed E-state index contributed by atoms with van der Waals surface area (Å²) in [6, 6.07) is 8.24. The monoisotopic (exact) mass is 245 g/mol. The molecule has 0 aliphatic rings. The van der Waals surface area contributed by atoms with Crippen LogP contribution in [0.4, 0.5) is 0 Å². The molecule has 0 fully saturated rings. The smallest absolute Gasteiger partial charge is 0.219 e. The topological polar surface area (TPSA) is 60.1 Å². The Bertz CT molecular complexity index is 545. The maximum atomic E-state index is 10.9. The number of carbonyl (C=O) groups excluding carboxylic acids is 1. The third kappa shape index (κ3) is 2.71. The second-order valence-corrected chi connectivity index (χ2v) is 4.36. The standard InChI is InChI=1S/C14H19N3O/c1-2-16-9-11-10-17(8-7-14(15)18)13-6-4-3-5-12(11)13/h3-6,10,16H,2,7-9H2,1H3,(H2,15,18). The number of nitrogens with two attached hydrogens (primary N) is 1. The predicted molar refractivity (Wildman–Crippen MR) is 73.1 cm³/mol. The van der Waals surface area contributed by atoms with E-state index in [-0.39, 0.29) is 5.91 Å². The molecule has 1 aromatic heterocycles. The molecule has 1 heterocycles. The fraction of sp³-hybridized carbons (Fsp3) is 0.357. The molecule has 4 nitrogen and oxygen atoms in total. The number of aromatic nitrogens is 1. The van der Waals surface area contributed by atoms with Crippen molar-refractivity contribution < 1.29 is 4.79 Å². The van der Waals surface area contributed by atoms with Gasteiger partial charge in [0, 0.05) is 36.6 Å². The van der Waals surface area contributed by atoms with E-state index in [2.05, 4.69) is 35.1 Å². The summed E-state index contributed by atoms with van der Waals surface area (Å²) in [5, 5.41) is 4.57. The molecule has 1 amide bonds. The summed E-state index contributed by atoms with van der Waals surface area (Å²) in [6.45, 7) is 4.52. The van der Waals surface area contributed by atoms with E-state index < -0.39 is 0 Å². The van der Waals surface area contributed by atoms with Crippen LogP contribution in [0.3, 0.4) is 0 Å². The van der Waals surface area contributed by atoms with E-state index in [1.54, 1.807) is 0 Å². The van der Waals surface area contributed by atoms with Crippen LogP contribution in [0.25, 0.3) is 10.9 Å². The molecule has 0 saturated carbocycles. The highest BCUT2D eigenvalue weighted by Crippen LogP contribution is 2.21. The van der Waals surface area contributed by atoms with Crippen molar-refractivity contribution in [3.05, 3.63) is 36.0 Å². The number of nitrogens with zero attached hydrogens (tertiary/aromatic N) is 1. The minimum absolute atomic E-state index is 0.263. The van der Waals surface area contributed by atoms with Crippen LogP contribution in [0, 0.1) is 0 Å². The van der Waals surface area contributed by atoms with E-state index in [1.807, 2.05) is 12.1 Å². The maximum Gasteiger partial charge on any atom is 0.219 e. The van der Waals surface area contributed by atoms with Gasteiger partial charge in [0.2, 0.25) is 5.91 Å². The number of primary amides is 1. The van der Waals surface area contributed by atoms with E-state index in [1.165, 1.54) is 10.9 Å². The van der Waals surface area contributed by atoms with Gasteiger partial charge in [0.25, 0.3) is 0 Å². The molecule has 3 N–H and O–H groups in total. The maximum absolute atomic E-state index is 10.9. The molecular formula is C14H19N3O. The number of hydrogen-bond donors (Lipinski definition) is 2. The van der Waals surface area contributed by atoms with Gasteiger partial charge in [-0.15, -0.1) is 0 Å². The van der Waals surface area contributed by atoms with Crippen molar-refractivity contribution in [2.45, 2.75) is 26.4 Å². The highest BCUT2D eigenvalue weighted by molar-refractivity contribution is 5.84. The van der Waals surface area contributed by atoms with Crippen molar-refractivity contribution in [3.8, 4) is 0 Å². The lowest BCUT2D eigenvalue weighted by molar-refractivity contribution is -0.118. The first-order valence-electron chi connectivity index (χ1n) is 6.28. The number of rotatable bonds is 6. The lowest BCUT2D eigenvalue weighted by atomic mass is 10.2. The van der Waals surface area contributed by atoms with E-state index >= 15 is 0 Å². The van der Waals surface area contributed by atoms with Gasteiger partial charge in [-0.25, -0.2) is 0 Å². The van der Waals surface area contributed by atoms with Crippen LogP contribution in [0.15, 0.2) is 30.5 Å². The summed E-state index contributed by atoms with van der Waals surface area (Å²) in [4.78, 5) is 10.9. The van der Waals surface area contributed by atoms with Crippen LogP contribution in [-0.2, 0) is 17.9 Å². The normalized spacial score (nSPS) is 10.9. The number of hydrogen-bond acceptors (Lipinski definition) is 2. The lowest BCUT2D eigenvalue weighted by Crippen LogP contribution is -2.13. The summed E-state index contributed by atoms with van der Waals surface area (Å²) < 4.78 is 2.10. The van der Waals surface area contributed by atoms with E-state index in [0.29, 0.717) is 13.0 Å². The molecule has 0 aliphatic heterocycles. The van der Waals surface area contributed by atoms with Crippen LogP contribution in [0.1, 0.15) is 18.9 Å². The number of amides is 1. The molecule has 2 rings (SSSR count). The van der Waals surface area contributed by atoms with Gasteiger partial charge in [0.05, 0.1) is 0 Å². The fourth-order valence-electron chi connectivity index (χ4n) is 2.14. The Morgan fingerprint density at radius 2 is 2.17 bits per heavy atom. The molecule has 2 aromatic rings. The van der Waals surface area contributed by atoms with Crippen molar-refractivity contribution in [1.29, 1.82) is 0 Å². The van der Waals surface area contributed by atoms with Crippen LogP contribution in [0.5, 0.6) is 0 Å². The van der Waals surface area contributed by atoms with Crippen molar-refractivity contribution >= 4 is 16.8 Å². The molecular weight excluding hydrogens is 226 g/mol. The second kappa shape index (κ2) is 5.69. The first-order chi connectivity index (χ1) is 8.72. The van der Waals surface area contributed by atoms with Gasteiger partial charge in [-0.2, -0.15) is 0 Å². The number of para-hydroxylation sites is 1. The van der Waals surface area contributed by atoms with Gasteiger partial charge in [-0.1, -0.05) is 25.1 Å². The molecule has 0 radical (unpaired) electrons. The second-order valence-electron chi connectivity index (χ2n) is 4.36. The molecule has 0 aliphatic carbocycles.